The van der Waals surface area contributed by atoms with Crippen molar-refractivity contribution in [3.05, 3.63) is 70.9 Å². The normalized spacial score (nSPS) is 14.6. The van der Waals surface area contributed by atoms with Gasteiger partial charge in [-0.2, -0.15) is 0 Å². The lowest BCUT2D eigenvalue weighted by Gasteiger charge is -2.22. The quantitative estimate of drug-likeness (QED) is 0.618. The Kier molecular flexibility index (Phi) is 5.50. The summed E-state index contributed by atoms with van der Waals surface area (Å²) >= 11 is 0. The van der Waals surface area contributed by atoms with Gasteiger partial charge in [-0.25, -0.2) is 8.78 Å². The molecule has 0 bridgehead atoms. The number of hydrogen-bond donors (Lipinski definition) is 2. The highest BCUT2D eigenvalue weighted by molar-refractivity contribution is 6.14. The Morgan fingerprint density at radius 2 is 1.90 bits per heavy atom. The van der Waals surface area contributed by atoms with Crippen LogP contribution in [0.25, 0.3) is 11.1 Å². The van der Waals surface area contributed by atoms with E-state index < -0.39 is 11.6 Å². The molecule has 2 aromatic heterocycles. The van der Waals surface area contributed by atoms with Gasteiger partial charge in [0.2, 0.25) is 0 Å². The summed E-state index contributed by atoms with van der Waals surface area (Å²) in [6, 6.07) is 4.89. The molecule has 0 radical (unpaired) electrons. The van der Waals surface area contributed by atoms with Gasteiger partial charge in [-0.3, -0.25) is 9.59 Å². The Balaban J connectivity index is 1.58. The first-order valence-corrected chi connectivity index (χ1v) is 9.59. The third-order valence-corrected chi connectivity index (χ3v) is 5.18. The maximum absolute atomic E-state index is 13.7. The largest absolute Gasteiger partial charge is 0.468 e. The van der Waals surface area contributed by atoms with Crippen molar-refractivity contribution in [2.75, 3.05) is 13.2 Å². The van der Waals surface area contributed by atoms with E-state index in [1.165, 1.54) is 24.6 Å². The number of nitrogens with one attached hydrogen (secondary N) is 2. The van der Waals surface area contributed by atoms with Gasteiger partial charge in [0.15, 0.2) is 17.4 Å². The maximum Gasteiger partial charge on any atom is 0.267 e. The molecular formula is C22H20F2N2O4. The molecule has 6 nitrogen and oxygen atoms in total. The number of carbonyl (C=O) groups is 2. The minimum atomic E-state index is -1.02. The van der Waals surface area contributed by atoms with Crippen molar-refractivity contribution in [3.63, 3.8) is 0 Å². The van der Waals surface area contributed by atoms with Gasteiger partial charge in [0.05, 0.1) is 11.8 Å². The lowest BCUT2D eigenvalue weighted by atomic mass is 9.97. The maximum atomic E-state index is 13.7. The Labute approximate surface area is 171 Å². The van der Waals surface area contributed by atoms with Crippen LogP contribution in [-0.2, 0) is 4.74 Å². The van der Waals surface area contributed by atoms with E-state index in [4.69, 9.17) is 9.15 Å². The van der Waals surface area contributed by atoms with E-state index in [0.717, 1.165) is 25.0 Å². The van der Waals surface area contributed by atoms with Crippen LogP contribution in [0.15, 0.2) is 41.1 Å². The molecule has 30 heavy (non-hydrogen) atoms. The minimum Gasteiger partial charge on any atom is -0.468 e. The highest BCUT2D eigenvalue weighted by Crippen LogP contribution is 2.31. The van der Waals surface area contributed by atoms with E-state index in [-0.39, 0.29) is 34.6 Å². The lowest BCUT2D eigenvalue weighted by Crippen LogP contribution is -2.39. The van der Waals surface area contributed by atoms with E-state index in [9.17, 15) is 18.4 Å². The first-order valence-electron chi connectivity index (χ1n) is 9.59. The fourth-order valence-corrected chi connectivity index (χ4v) is 3.52. The molecule has 2 N–H and O–H groups in total. The first-order chi connectivity index (χ1) is 14.4. The third-order valence-electron chi connectivity index (χ3n) is 5.18. The van der Waals surface area contributed by atoms with Crippen LogP contribution >= 0.6 is 0 Å². The number of benzene rings is 1. The highest BCUT2D eigenvalue weighted by atomic mass is 19.2. The van der Waals surface area contributed by atoms with Crippen LogP contribution in [0.5, 0.6) is 0 Å². The summed E-state index contributed by atoms with van der Waals surface area (Å²) in [7, 11) is 0. The number of aromatic nitrogens is 1. The van der Waals surface area contributed by atoms with Gasteiger partial charge in [0.1, 0.15) is 11.5 Å². The van der Waals surface area contributed by atoms with Gasteiger partial charge in [-0.15, -0.1) is 0 Å². The summed E-state index contributed by atoms with van der Waals surface area (Å²) in [5, 5.41) is 2.93. The second-order valence-corrected chi connectivity index (χ2v) is 7.20. The molecule has 1 saturated heterocycles. The smallest absolute Gasteiger partial charge is 0.267 e. The summed E-state index contributed by atoms with van der Waals surface area (Å²) < 4.78 is 37.6. The number of ether oxygens (including phenoxy) is 1. The topological polar surface area (TPSA) is 84.3 Å². The SMILES string of the molecule is Cc1occ(-c2ccc(F)c(F)c2)c1C(=O)c1c[nH]c(C(=O)NC2CCOCC2)c1. The van der Waals surface area contributed by atoms with Gasteiger partial charge in [-0.1, -0.05) is 6.07 Å². The van der Waals surface area contributed by atoms with Gasteiger partial charge < -0.3 is 19.5 Å². The van der Waals surface area contributed by atoms with Crippen molar-refractivity contribution in [1.82, 2.24) is 10.3 Å². The number of amides is 1. The molecule has 1 fully saturated rings. The predicted octanol–water partition coefficient (Wildman–Crippen LogP) is 4.00. The molecule has 4 rings (SSSR count). The molecule has 0 atom stereocenters. The number of carbonyl (C=O) groups excluding carboxylic acids is 2. The average molecular weight is 414 g/mol. The van der Waals surface area contributed by atoms with Crippen molar-refractivity contribution < 1.29 is 27.5 Å². The highest BCUT2D eigenvalue weighted by Gasteiger charge is 2.24. The average Bonchev–Trinajstić information content (AvgIpc) is 3.38. The van der Waals surface area contributed by atoms with Crippen molar-refractivity contribution in [2.24, 2.45) is 0 Å². The number of aromatic amines is 1. The van der Waals surface area contributed by atoms with Crippen molar-refractivity contribution in [2.45, 2.75) is 25.8 Å². The van der Waals surface area contributed by atoms with Crippen LogP contribution in [-0.4, -0.2) is 35.9 Å². The van der Waals surface area contributed by atoms with Crippen molar-refractivity contribution in [1.29, 1.82) is 0 Å². The van der Waals surface area contributed by atoms with Crippen molar-refractivity contribution >= 4 is 11.7 Å². The summed E-state index contributed by atoms with van der Waals surface area (Å²) in [5.74, 6) is -2.33. The summed E-state index contributed by atoms with van der Waals surface area (Å²) in [4.78, 5) is 28.4. The predicted molar refractivity (Wildman–Crippen MR) is 104 cm³/mol. The van der Waals surface area contributed by atoms with E-state index in [1.54, 1.807) is 6.92 Å². The zero-order valence-corrected chi connectivity index (χ0v) is 16.3. The van der Waals surface area contributed by atoms with E-state index in [0.29, 0.717) is 30.1 Å². The van der Waals surface area contributed by atoms with Crippen molar-refractivity contribution in [3.8, 4) is 11.1 Å². The molecule has 3 heterocycles. The zero-order chi connectivity index (χ0) is 21.3. The number of ketones is 1. The van der Waals surface area contributed by atoms with Gasteiger partial charge in [-0.05, 0) is 43.5 Å². The van der Waals surface area contributed by atoms with Crippen LogP contribution in [0.4, 0.5) is 8.78 Å². The Morgan fingerprint density at radius 1 is 1.13 bits per heavy atom. The molecule has 1 aliphatic heterocycles. The van der Waals surface area contributed by atoms with E-state index in [1.807, 2.05) is 0 Å². The Hall–Kier alpha value is -3.26. The fraction of sp³-hybridized carbons (Fsp3) is 0.273. The number of halogens is 2. The molecule has 1 aromatic carbocycles. The molecule has 3 aromatic rings. The molecule has 0 saturated carbocycles. The summed E-state index contributed by atoms with van der Waals surface area (Å²) in [6.07, 6.45) is 4.26. The number of hydrogen-bond acceptors (Lipinski definition) is 4. The minimum absolute atomic E-state index is 0.0322. The summed E-state index contributed by atoms with van der Waals surface area (Å²) in [5.41, 5.74) is 1.44. The number of H-pyrrole nitrogens is 1. The van der Waals surface area contributed by atoms with Crippen LogP contribution in [0, 0.1) is 18.6 Å². The zero-order valence-electron chi connectivity index (χ0n) is 16.3. The van der Waals surface area contributed by atoms with E-state index in [2.05, 4.69) is 10.3 Å². The second kappa shape index (κ2) is 8.23. The van der Waals surface area contributed by atoms with Crippen LogP contribution in [0.2, 0.25) is 0 Å². The molecule has 1 amide bonds. The number of aryl methyl sites for hydroxylation is 1. The van der Waals surface area contributed by atoms with Gasteiger partial charge in [0.25, 0.3) is 5.91 Å². The molecular weight excluding hydrogens is 394 g/mol. The number of rotatable bonds is 5. The molecule has 156 valence electrons. The third kappa shape index (κ3) is 3.91. The number of furan rings is 1. The molecule has 0 unspecified atom stereocenters. The van der Waals surface area contributed by atoms with Crippen LogP contribution in [0.3, 0.4) is 0 Å². The Morgan fingerprint density at radius 3 is 2.63 bits per heavy atom. The second-order valence-electron chi connectivity index (χ2n) is 7.20. The molecule has 0 spiro atoms. The molecule has 1 aliphatic rings. The van der Waals surface area contributed by atoms with Crippen LogP contribution in [0.1, 0.15) is 45.0 Å². The van der Waals surface area contributed by atoms with E-state index >= 15 is 0 Å². The standard InChI is InChI=1S/C22H20F2N2O4/c1-12-20(16(11-30-12)13-2-3-17(23)18(24)8-13)21(27)14-9-19(25-10-14)22(28)26-15-4-6-29-7-5-15/h2-3,8-11,15,25H,4-7H2,1H3,(H,26,28). The van der Waals surface area contributed by atoms with Gasteiger partial charge in [0, 0.05) is 36.6 Å². The Bertz CT molecular complexity index is 1100. The fourth-order valence-electron chi connectivity index (χ4n) is 3.52. The van der Waals surface area contributed by atoms with Crippen LogP contribution < -0.4 is 5.32 Å². The first kappa shape index (κ1) is 20.0. The summed E-state index contributed by atoms with van der Waals surface area (Å²) in [6.45, 7) is 2.82. The molecule has 0 aliphatic carbocycles. The van der Waals surface area contributed by atoms with Gasteiger partial charge >= 0.3 is 0 Å². The monoisotopic (exact) mass is 414 g/mol. The molecule has 8 heteroatoms. The lowest BCUT2D eigenvalue weighted by molar-refractivity contribution is 0.0694.